The summed E-state index contributed by atoms with van der Waals surface area (Å²) in [6.45, 7) is 6.85. The van der Waals surface area contributed by atoms with Gasteiger partial charge < -0.3 is 19.9 Å². The molecule has 0 bridgehead atoms. The minimum atomic E-state index is -0.204. The summed E-state index contributed by atoms with van der Waals surface area (Å²) in [5.74, 6) is 1.46. The molecule has 0 spiro atoms. The van der Waals surface area contributed by atoms with E-state index in [9.17, 15) is 4.79 Å². The van der Waals surface area contributed by atoms with Gasteiger partial charge in [0.05, 0.1) is 5.02 Å². The number of aryl methyl sites for hydroxylation is 2. The standard InChI is InChI=1S/C29H29ClN4O3/c1-17-15-22(28-32-19(3)37-34-28)10-12-24(17)20-6-8-21(9-7-20)29(35)33-23-11-13-25(30)27(16-23)36-18(2)26-5-4-14-31-26/h6-13,15-16,18,26,31H,4-5,14H2,1-3H3,(H,33,35). The molecule has 8 heteroatoms. The second kappa shape index (κ2) is 10.7. The lowest BCUT2D eigenvalue weighted by atomic mass is 9.97. The van der Waals surface area contributed by atoms with E-state index in [1.165, 1.54) is 0 Å². The lowest BCUT2D eigenvalue weighted by Crippen LogP contribution is -2.36. The van der Waals surface area contributed by atoms with Crippen LogP contribution in [0.3, 0.4) is 0 Å². The van der Waals surface area contributed by atoms with Gasteiger partial charge in [-0.3, -0.25) is 4.79 Å². The lowest BCUT2D eigenvalue weighted by molar-refractivity contribution is 0.102. The maximum absolute atomic E-state index is 12.9. The van der Waals surface area contributed by atoms with E-state index in [4.69, 9.17) is 20.9 Å². The van der Waals surface area contributed by atoms with Crippen molar-refractivity contribution in [1.82, 2.24) is 15.5 Å². The Kier molecular flexibility index (Phi) is 7.26. The number of hydrogen-bond acceptors (Lipinski definition) is 6. The maximum Gasteiger partial charge on any atom is 0.255 e. The number of amides is 1. The Morgan fingerprint density at radius 2 is 1.89 bits per heavy atom. The molecule has 190 valence electrons. The van der Waals surface area contributed by atoms with Crippen LogP contribution < -0.4 is 15.4 Å². The highest BCUT2D eigenvalue weighted by Crippen LogP contribution is 2.31. The zero-order valence-corrected chi connectivity index (χ0v) is 21.8. The summed E-state index contributed by atoms with van der Waals surface area (Å²) < 4.78 is 11.2. The van der Waals surface area contributed by atoms with Crippen molar-refractivity contribution in [2.45, 2.75) is 45.8 Å². The average molecular weight is 517 g/mol. The summed E-state index contributed by atoms with van der Waals surface area (Å²) >= 11 is 6.36. The molecule has 1 aromatic heterocycles. The summed E-state index contributed by atoms with van der Waals surface area (Å²) in [6, 6.07) is 19.2. The molecule has 3 aromatic carbocycles. The largest absolute Gasteiger partial charge is 0.487 e. The maximum atomic E-state index is 12.9. The number of anilines is 1. The van der Waals surface area contributed by atoms with Crippen LogP contribution >= 0.6 is 11.6 Å². The fourth-order valence-corrected chi connectivity index (χ4v) is 4.78. The second-order valence-corrected chi connectivity index (χ2v) is 9.78. The van der Waals surface area contributed by atoms with Crippen LogP contribution in [0.25, 0.3) is 22.5 Å². The van der Waals surface area contributed by atoms with Crippen molar-refractivity contribution in [3.63, 3.8) is 0 Å². The number of nitrogens with one attached hydrogen (secondary N) is 2. The van der Waals surface area contributed by atoms with Crippen LogP contribution in [-0.4, -0.2) is 34.7 Å². The summed E-state index contributed by atoms with van der Waals surface area (Å²) in [4.78, 5) is 17.2. The van der Waals surface area contributed by atoms with Gasteiger partial charge >= 0.3 is 0 Å². The van der Waals surface area contributed by atoms with Gasteiger partial charge in [-0.1, -0.05) is 41.0 Å². The number of aromatic nitrogens is 2. The molecule has 5 rings (SSSR count). The van der Waals surface area contributed by atoms with Gasteiger partial charge in [0.1, 0.15) is 11.9 Å². The minimum absolute atomic E-state index is 0.0210. The number of nitrogens with zero attached hydrogens (tertiary/aromatic N) is 2. The number of ether oxygens (including phenoxy) is 1. The number of carbonyl (C=O) groups is 1. The monoisotopic (exact) mass is 516 g/mol. The first-order chi connectivity index (χ1) is 17.9. The van der Waals surface area contributed by atoms with E-state index < -0.39 is 0 Å². The van der Waals surface area contributed by atoms with Gasteiger partial charge in [0.25, 0.3) is 5.91 Å². The van der Waals surface area contributed by atoms with Gasteiger partial charge in [-0.05, 0) is 80.3 Å². The smallest absolute Gasteiger partial charge is 0.255 e. The molecular formula is C29H29ClN4O3. The Hall–Kier alpha value is -3.68. The zero-order chi connectivity index (χ0) is 25.9. The summed E-state index contributed by atoms with van der Waals surface area (Å²) in [6.07, 6.45) is 2.20. The number of carbonyl (C=O) groups excluding carboxylic acids is 1. The van der Waals surface area contributed by atoms with Crippen LogP contribution in [0.1, 0.15) is 41.6 Å². The van der Waals surface area contributed by atoms with Gasteiger partial charge in [0, 0.05) is 35.8 Å². The first-order valence-electron chi connectivity index (χ1n) is 12.4. The van der Waals surface area contributed by atoms with Gasteiger partial charge in [-0.2, -0.15) is 4.98 Å². The molecule has 37 heavy (non-hydrogen) atoms. The SMILES string of the molecule is Cc1nc(-c2ccc(-c3ccc(C(=O)Nc4ccc(Cl)c(OC(C)C5CCCN5)c4)cc3)c(C)c2)no1. The highest BCUT2D eigenvalue weighted by molar-refractivity contribution is 6.32. The van der Waals surface area contributed by atoms with Crippen LogP contribution in [0.2, 0.25) is 5.02 Å². The van der Waals surface area contributed by atoms with Crippen LogP contribution in [-0.2, 0) is 0 Å². The molecule has 2 heterocycles. The summed E-state index contributed by atoms with van der Waals surface area (Å²) in [5, 5.41) is 10.9. The number of halogens is 1. The van der Waals surface area contributed by atoms with Crippen LogP contribution in [0.4, 0.5) is 5.69 Å². The average Bonchev–Trinajstić information content (AvgIpc) is 3.58. The topological polar surface area (TPSA) is 89.3 Å². The molecule has 7 nitrogen and oxygen atoms in total. The molecule has 4 aromatic rings. The van der Waals surface area contributed by atoms with Crippen LogP contribution in [0.5, 0.6) is 5.75 Å². The predicted octanol–water partition coefficient (Wildman–Crippen LogP) is 6.45. The summed E-state index contributed by atoms with van der Waals surface area (Å²) in [7, 11) is 0. The van der Waals surface area contributed by atoms with E-state index in [0.29, 0.717) is 39.8 Å². The third-order valence-electron chi connectivity index (χ3n) is 6.64. The number of hydrogen-bond donors (Lipinski definition) is 2. The molecule has 2 N–H and O–H groups in total. The second-order valence-electron chi connectivity index (χ2n) is 9.37. The van der Waals surface area contributed by atoms with Crippen molar-refractivity contribution < 1.29 is 14.1 Å². The van der Waals surface area contributed by atoms with Crippen LogP contribution in [0, 0.1) is 13.8 Å². The predicted molar refractivity (Wildman–Crippen MR) is 145 cm³/mol. The minimum Gasteiger partial charge on any atom is -0.487 e. The van der Waals surface area contributed by atoms with Crippen LogP contribution in [0.15, 0.2) is 65.2 Å². The van der Waals surface area contributed by atoms with E-state index in [0.717, 1.165) is 41.6 Å². The number of benzene rings is 3. The quantitative estimate of drug-likeness (QED) is 0.293. The molecule has 1 saturated heterocycles. The third-order valence-corrected chi connectivity index (χ3v) is 6.95. The van der Waals surface area contributed by atoms with Crippen molar-refractivity contribution >= 4 is 23.2 Å². The fourth-order valence-electron chi connectivity index (χ4n) is 4.61. The number of rotatable bonds is 7. The fraction of sp³-hybridized carbons (Fsp3) is 0.276. The molecule has 1 aliphatic heterocycles. The zero-order valence-electron chi connectivity index (χ0n) is 21.0. The Bertz CT molecular complexity index is 1410. The lowest BCUT2D eigenvalue weighted by Gasteiger charge is -2.22. The first-order valence-corrected chi connectivity index (χ1v) is 12.8. The molecule has 1 aliphatic rings. The molecule has 2 unspecified atom stereocenters. The van der Waals surface area contributed by atoms with Crippen molar-refractivity contribution in [3.8, 4) is 28.3 Å². The molecule has 2 atom stereocenters. The molecule has 1 amide bonds. The van der Waals surface area contributed by atoms with Crippen molar-refractivity contribution in [1.29, 1.82) is 0 Å². The van der Waals surface area contributed by atoms with Crippen molar-refractivity contribution in [3.05, 3.63) is 82.7 Å². The van der Waals surface area contributed by atoms with E-state index in [1.807, 2.05) is 56.3 Å². The molecule has 0 aliphatic carbocycles. The molecule has 0 saturated carbocycles. The Morgan fingerprint density at radius 3 is 2.57 bits per heavy atom. The van der Waals surface area contributed by atoms with Gasteiger partial charge in [0.2, 0.25) is 11.7 Å². The van der Waals surface area contributed by atoms with E-state index in [1.54, 1.807) is 25.1 Å². The van der Waals surface area contributed by atoms with Gasteiger partial charge in [-0.15, -0.1) is 0 Å². The molecule has 0 radical (unpaired) electrons. The summed E-state index contributed by atoms with van der Waals surface area (Å²) in [5.41, 5.74) is 5.24. The van der Waals surface area contributed by atoms with Crippen molar-refractivity contribution in [2.75, 3.05) is 11.9 Å². The van der Waals surface area contributed by atoms with Gasteiger partial charge in [0.15, 0.2) is 0 Å². The van der Waals surface area contributed by atoms with Gasteiger partial charge in [-0.25, -0.2) is 0 Å². The molecule has 1 fully saturated rings. The highest BCUT2D eigenvalue weighted by Gasteiger charge is 2.23. The Morgan fingerprint density at radius 1 is 1.11 bits per heavy atom. The van der Waals surface area contributed by atoms with E-state index in [-0.39, 0.29) is 12.0 Å². The highest BCUT2D eigenvalue weighted by atomic mass is 35.5. The third kappa shape index (κ3) is 5.68. The Balaban J connectivity index is 1.27. The normalized spacial score (nSPS) is 15.9. The van der Waals surface area contributed by atoms with E-state index in [2.05, 4.69) is 20.8 Å². The Labute approximate surface area is 221 Å². The first kappa shape index (κ1) is 25.0. The van der Waals surface area contributed by atoms with E-state index >= 15 is 0 Å². The van der Waals surface area contributed by atoms with Crippen molar-refractivity contribution in [2.24, 2.45) is 0 Å². The molecular weight excluding hydrogens is 488 g/mol.